The lowest BCUT2D eigenvalue weighted by Crippen LogP contribution is -2.50. The van der Waals surface area contributed by atoms with E-state index in [1.54, 1.807) is 0 Å². The number of nitrogens with zero attached hydrogens (tertiary/aromatic N) is 1. The molecule has 100 valence electrons. The fourth-order valence-electron chi connectivity index (χ4n) is 3.18. The monoisotopic (exact) mass is 238 g/mol. The maximum absolute atomic E-state index is 3.75. The number of rotatable bonds is 7. The van der Waals surface area contributed by atoms with Gasteiger partial charge in [0, 0.05) is 25.2 Å². The van der Waals surface area contributed by atoms with Gasteiger partial charge < -0.3 is 5.32 Å². The summed E-state index contributed by atoms with van der Waals surface area (Å²) in [7, 11) is 0. The molecule has 2 fully saturated rings. The van der Waals surface area contributed by atoms with Crippen molar-refractivity contribution in [2.24, 2.45) is 5.92 Å². The molecule has 1 saturated carbocycles. The first-order chi connectivity index (χ1) is 8.33. The molecule has 2 unspecified atom stereocenters. The summed E-state index contributed by atoms with van der Waals surface area (Å²) in [6, 6.07) is 1.72. The molecule has 2 heteroatoms. The van der Waals surface area contributed by atoms with Gasteiger partial charge in [0.25, 0.3) is 0 Å². The second-order valence-electron chi connectivity index (χ2n) is 6.08. The Kier molecular flexibility index (Phi) is 5.30. The van der Waals surface area contributed by atoms with Gasteiger partial charge in [-0.25, -0.2) is 0 Å². The van der Waals surface area contributed by atoms with Crippen LogP contribution in [0.25, 0.3) is 0 Å². The molecule has 2 nitrogen and oxygen atoms in total. The molecule has 17 heavy (non-hydrogen) atoms. The second-order valence-corrected chi connectivity index (χ2v) is 6.08. The SMILES string of the molecule is CCCCC1CC(NCCC)CN(C2CC2)C1. The predicted octanol–water partition coefficient (Wildman–Crippen LogP) is 3.03. The van der Waals surface area contributed by atoms with Crippen molar-refractivity contribution in [2.45, 2.75) is 70.9 Å². The number of unbranched alkanes of at least 4 members (excludes halogenated alkanes) is 1. The molecule has 1 aliphatic carbocycles. The fraction of sp³-hybridized carbons (Fsp3) is 1.00. The number of piperidine rings is 1. The summed E-state index contributed by atoms with van der Waals surface area (Å²) in [5, 5.41) is 3.75. The van der Waals surface area contributed by atoms with Crippen molar-refractivity contribution in [3.8, 4) is 0 Å². The highest BCUT2D eigenvalue weighted by Crippen LogP contribution is 2.32. The first kappa shape index (κ1) is 13.4. The van der Waals surface area contributed by atoms with E-state index in [0.29, 0.717) is 0 Å². The number of hydrogen-bond acceptors (Lipinski definition) is 2. The van der Waals surface area contributed by atoms with Crippen LogP contribution in [0.4, 0.5) is 0 Å². The Morgan fingerprint density at radius 2 is 1.94 bits per heavy atom. The largest absolute Gasteiger partial charge is 0.313 e. The third-order valence-electron chi connectivity index (χ3n) is 4.28. The van der Waals surface area contributed by atoms with E-state index in [0.717, 1.165) is 18.0 Å². The first-order valence-corrected chi connectivity index (χ1v) is 7.80. The maximum atomic E-state index is 3.75. The molecule has 1 N–H and O–H groups in total. The van der Waals surface area contributed by atoms with E-state index < -0.39 is 0 Å². The lowest BCUT2D eigenvalue weighted by atomic mass is 9.89. The molecular weight excluding hydrogens is 208 g/mol. The van der Waals surface area contributed by atoms with Crippen LogP contribution in [-0.2, 0) is 0 Å². The first-order valence-electron chi connectivity index (χ1n) is 7.80. The van der Waals surface area contributed by atoms with E-state index in [4.69, 9.17) is 0 Å². The van der Waals surface area contributed by atoms with Crippen LogP contribution in [0.5, 0.6) is 0 Å². The fourth-order valence-corrected chi connectivity index (χ4v) is 3.18. The molecule has 2 rings (SSSR count). The van der Waals surface area contributed by atoms with Gasteiger partial charge in [-0.3, -0.25) is 4.90 Å². The minimum atomic E-state index is 0.770. The van der Waals surface area contributed by atoms with Gasteiger partial charge in [-0.15, -0.1) is 0 Å². The molecule has 0 radical (unpaired) electrons. The van der Waals surface area contributed by atoms with Crippen LogP contribution in [0.15, 0.2) is 0 Å². The lowest BCUT2D eigenvalue weighted by molar-refractivity contribution is 0.127. The summed E-state index contributed by atoms with van der Waals surface area (Å²) < 4.78 is 0. The average Bonchev–Trinajstić information content (AvgIpc) is 3.18. The smallest absolute Gasteiger partial charge is 0.0198 e. The standard InChI is InChI=1S/C15H30N2/c1-3-5-6-13-10-14(16-9-4-2)12-17(11-13)15-7-8-15/h13-16H,3-12H2,1-2H3. The molecule has 0 amide bonds. The van der Waals surface area contributed by atoms with Crippen molar-refractivity contribution in [1.29, 1.82) is 0 Å². The Morgan fingerprint density at radius 1 is 1.12 bits per heavy atom. The van der Waals surface area contributed by atoms with Gasteiger partial charge in [0.15, 0.2) is 0 Å². The van der Waals surface area contributed by atoms with Crippen LogP contribution in [0.2, 0.25) is 0 Å². The molecule has 0 bridgehead atoms. The topological polar surface area (TPSA) is 15.3 Å². The predicted molar refractivity (Wildman–Crippen MR) is 74.3 cm³/mol. The molecule has 1 aliphatic heterocycles. The van der Waals surface area contributed by atoms with Crippen molar-refractivity contribution in [1.82, 2.24) is 10.2 Å². The zero-order valence-corrected chi connectivity index (χ0v) is 11.8. The van der Waals surface area contributed by atoms with Crippen molar-refractivity contribution in [2.75, 3.05) is 19.6 Å². The summed E-state index contributed by atoms with van der Waals surface area (Å²) in [5.74, 6) is 0.957. The van der Waals surface area contributed by atoms with Gasteiger partial charge in [-0.1, -0.05) is 26.7 Å². The van der Waals surface area contributed by atoms with Gasteiger partial charge in [0.1, 0.15) is 0 Å². The molecule has 0 aromatic carbocycles. The Labute approximate surface area is 107 Å². The van der Waals surface area contributed by atoms with E-state index in [1.165, 1.54) is 64.6 Å². The minimum Gasteiger partial charge on any atom is -0.313 e. The van der Waals surface area contributed by atoms with Crippen LogP contribution in [0, 0.1) is 5.92 Å². The minimum absolute atomic E-state index is 0.770. The van der Waals surface area contributed by atoms with E-state index in [9.17, 15) is 0 Å². The molecule has 2 aliphatic rings. The second kappa shape index (κ2) is 6.75. The molecule has 0 aromatic heterocycles. The van der Waals surface area contributed by atoms with E-state index in [-0.39, 0.29) is 0 Å². The highest BCUT2D eigenvalue weighted by Gasteiger charge is 2.35. The number of likely N-dealkylation sites (tertiary alicyclic amines) is 1. The average molecular weight is 238 g/mol. The lowest BCUT2D eigenvalue weighted by Gasteiger charge is -2.38. The number of hydrogen-bond donors (Lipinski definition) is 1. The third-order valence-corrected chi connectivity index (χ3v) is 4.28. The van der Waals surface area contributed by atoms with E-state index in [1.807, 2.05) is 0 Å². The zero-order chi connectivity index (χ0) is 12.1. The van der Waals surface area contributed by atoms with Crippen molar-refractivity contribution < 1.29 is 0 Å². The summed E-state index contributed by atoms with van der Waals surface area (Å²) >= 11 is 0. The quantitative estimate of drug-likeness (QED) is 0.733. The van der Waals surface area contributed by atoms with Crippen LogP contribution in [0.3, 0.4) is 0 Å². The molecule has 0 spiro atoms. The maximum Gasteiger partial charge on any atom is 0.0198 e. The third kappa shape index (κ3) is 4.26. The number of nitrogens with one attached hydrogen (secondary N) is 1. The summed E-state index contributed by atoms with van der Waals surface area (Å²) in [6.45, 7) is 8.48. The highest BCUT2D eigenvalue weighted by molar-refractivity contribution is 4.92. The molecule has 1 heterocycles. The Bertz CT molecular complexity index is 197. The molecular formula is C15H30N2. The summed E-state index contributed by atoms with van der Waals surface area (Å²) in [5.41, 5.74) is 0. The van der Waals surface area contributed by atoms with E-state index >= 15 is 0 Å². The Balaban J connectivity index is 1.80. The zero-order valence-electron chi connectivity index (χ0n) is 11.8. The highest BCUT2D eigenvalue weighted by atomic mass is 15.2. The van der Waals surface area contributed by atoms with Gasteiger partial charge >= 0.3 is 0 Å². The van der Waals surface area contributed by atoms with Crippen molar-refractivity contribution in [3.05, 3.63) is 0 Å². The molecule has 0 aromatic rings. The Morgan fingerprint density at radius 3 is 2.59 bits per heavy atom. The van der Waals surface area contributed by atoms with E-state index in [2.05, 4.69) is 24.1 Å². The van der Waals surface area contributed by atoms with Crippen molar-refractivity contribution >= 4 is 0 Å². The van der Waals surface area contributed by atoms with Crippen LogP contribution >= 0.6 is 0 Å². The van der Waals surface area contributed by atoms with Gasteiger partial charge in [0.2, 0.25) is 0 Å². The van der Waals surface area contributed by atoms with Gasteiger partial charge in [-0.05, 0) is 44.6 Å². The summed E-state index contributed by atoms with van der Waals surface area (Å²) in [4.78, 5) is 2.77. The molecule has 2 atom stereocenters. The van der Waals surface area contributed by atoms with Gasteiger partial charge in [0.05, 0.1) is 0 Å². The Hall–Kier alpha value is -0.0800. The molecule has 1 saturated heterocycles. The normalized spacial score (nSPS) is 30.7. The summed E-state index contributed by atoms with van der Waals surface area (Å²) in [6.07, 6.45) is 9.82. The van der Waals surface area contributed by atoms with Crippen molar-refractivity contribution in [3.63, 3.8) is 0 Å². The van der Waals surface area contributed by atoms with Crippen LogP contribution in [0.1, 0.15) is 58.8 Å². The van der Waals surface area contributed by atoms with Gasteiger partial charge in [-0.2, -0.15) is 0 Å². The van der Waals surface area contributed by atoms with Crippen LogP contribution < -0.4 is 5.32 Å². The van der Waals surface area contributed by atoms with Crippen LogP contribution in [-0.4, -0.2) is 36.6 Å².